The monoisotopic (exact) mass is 400 g/mol. The molecule has 0 unspecified atom stereocenters. The Hall–Kier alpha value is 0.280. The van der Waals surface area contributed by atoms with Gasteiger partial charge in [-0.2, -0.15) is 4.98 Å². The molecular weight excluding hydrogens is 400 g/mol. The molecule has 0 aromatic carbocycles. The average molecular weight is 403 g/mol. The summed E-state index contributed by atoms with van der Waals surface area (Å²) in [5.74, 6) is 1.21. The minimum atomic E-state index is 0.552. The Morgan fingerprint density at radius 1 is 1.43 bits per heavy atom. The average Bonchev–Trinajstić information content (AvgIpc) is 2.74. The van der Waals surface area contributed by atoms with Crippen LogP contribution in [0.3, 0.4) is 0 Å². The minimum Gasteiger partial charge on any atom is -0.333 e. The van der Waals surface area contributed by atoms with Gasteiger partial charge < -0.3 is 4.52 Å². The third-order valence-corrected chi connectivity index (χ3v) is 5.19. The molecule has 0 radical (unpaired) electrons. The summed E-state index contributed by atoms with van der Waals surface area (Å²) in [7, 11) is 0. The molecule has 14 heavy (non-hydrogen) atoms. The van der Waals surface area contributed by atoms with Crippen LogP contribution in [0.1, 0.15) is 5.82 Å². The first-order chi connectivity index (χ1) is 6.70. The van der Waals surface area contributed by atoms with Crippen molar-refractivity contribution in [2.24, 2.45) is 0 Å². The molecule has 0 fully saturated rings. The fourth-order valence-corrected chi connectivity index (χ4v) is 3.05. The van der Waals surface area contributed by atoms with Gasteiger partial charge >= 0.3 is 0 Å². The topological polar surface area (TPSA) is 38.9 Å². The molecule has 0 aliphatic rings. The molecule has 0 spiro atoms. The van der Waals surface area contributed by atoms with Gasteiger partial charge in [0, 0.05) is 4.47 Å². The zero-order chi connectivity index (χ0) is 10.1. The van der Waals surface area contributed by atoms with Crippen molar-refractivity contribution in [2.75, 3.05) is 0 Å². The molecule has 2 heterocycles. The number of aromatic nitrogens is 2. The van der Waals surface area contributed by atoms with Crippen LogP contribution in [0.4, 0.5) is 0 Å². The number of nitrogens with zero attached hydrogens (tertiary/aromatic N) is 2. The number of halogens is 3. The van der Waals surface area contributed by atoms with Crippen LogP contribution in [0.25, 0.3) is 10.8 Å². The van der Waals surface area contributed by atoms with E-state index in [1.54, 1.807) is 11.3 Å². The molecule has 2 aromatic rings. The molecule has 0 aliphatic carbocycles. The van der Waals surface area contributed by atoms with Gasteiger partial charge in [-0.15, -0.1) is 11.3 Å². The van der Waals surface area contributed by atoms with Gasteiger partial charge in [0.25, 0.3) is 5.89 Å². The Morgan fingerprint density at radius 2 is 2.21 bits per heavy atom. The second kappa shape index (κ2) is 4.42. The molecule has 2 aromatic heterocycles. The molecule has 0 saturated heterocycles. The van der Waals surface area contributed by atoms with E-state index in [4.69, 9.17) is 4.52 Å². The second-order valence-corrected chi connectivity index (χ2v) is 6.17. The summed E-state index contributed by atoms with van der Waals surface area (Å²) in [5, 5.41) is 4.39. The zero-order valence-electron chi connectivity index (χ0n) is 6.63. The number of hydrogen-bond acceptors (Lipinski definition) is 4. The van der Waals surface area contributed by atoms with E-state index in [1.165, 1.54) is 0 Å². The van der Waals surface area contributed by atoms with Crippen molar-refractivity contribution < 1.29 is 4.52 Å². The Morgan fingerprint density at radius 3 is 2.71 bits per heavy atom. The third-order valence-electron chi connectivity index (χ3n) is 1.44. The first kappa shape index (κ1) is 10.8. The zero-order valence-corrected chi connectivity index (χ0v) is 12.2. The van der Waals surface area contributed by atoms with Crippen LogP contribution < -0.4 is 0 Å². The van der Waals surface area contributed by atoms with Gasteiger partial charge in [-0.05, 0) is 37.9 Å². The molecule has 0 aliphatic heterocycles. The maximum absolute atomic E-state index is 5.09. The fourth-order valence-electron chi connectivity index (χ4n) is 0.860. The van der Waals surface area contributed by atoms with E-state index >= 15 is 0 Å². The Kier molecular flexibility index (Phi) is 3.41. The molecule has 74 valence electrons. The quantitative estimate of drug-likeness (QED) is 0.706. The minimum absolute atomic E-state index is 0.552. The first-order valence-electron chi connectivity index (χ1n) is 3.54. The summed E-state index contributed by atoms with van der Waals surface area (Å²) in [6, 6.07) is 1.94. The van der Waals surface area contributed by atoms with Crippen LogP contribution in [-0.2, 0) is 5.33 Å². The summed E-state index contributed by atoms with van der Waals surface area (Å²) in [6.07, 6.45) is 0. The second-order valence-electron chi connectivity index (χ2n) is 2.38. The molecule has 3 nitrogen and oxygen atoms in total. The molecule has 0 bridgehead atoms. The Balaban J connectivity index is 2.39. The predicted molar refractivity (Wildman–Crippen MR) is 65.6 cm³/mol. The highest BCUT2D eigenvalue weighted by Crippen LogP contribution is 2.37. The van der Waals surface area contributed by atoms with Gasteiger partial charge in [0.1, 0.15) is 0 Å². The number of thiophene rings is 1. The standard InChI is InChI=1S/C7H3Br3N2OS/c8-2-5-11-7(13-12-5)4-1-3(9)6(10)14-4/h1H,2H2. The van der Waals surface area contributed by atoms with Crippen molar-refractivity contribution in [1.29, 1.82) is 0 Å². The smallest absolute Gasteiger partial charge is 0.268 e. The molecule has 7 heteroatoms. The Bertz CT molecular complexity index is 434. The van der Waals surface area contributed by atoms with Gasteiger partial charge in [0.15, 0.2) is 5.82 Å². The largest absolute Gasteiger partial charge is 0.333 e. The molecular formula is C7H3Br3N2OS. The van der Waals surface area contributed by atoms with Crippen LogP contribution in [0, 0.1) is 0 Å². The normalized spacial score (nSPS) is 10.8. The highest BCUT2D eigenvalue weighted by Gasteiger charge is 2.12. The predicted octanol–water partition coefficient (Wildman–Crippen LogP) is 4.22. The van der Waals surface area contributed by atoms with E-state index < -0.39 is 0 Å². The van der Waals surface area contributed by atoms with Crippen LogP contribution in [0.2, 0.25) is 0 Å². The molecule has 0 saturated carbocycles. The van der Waals surface area contributed by atoms with Gasteiger partial charge in [-0.25, -0.2) is 0 Å². The molecule has 0 N–H and O–H groups in total. The van der Waals surface area contributed by atoms with Crippen LogP contribution in [-0.4, -0.2) is 10.1 Å². The van der Waals surface area contributed by atoms with Crippen molar-refractivity contribution in [3.8, 4) is 10.8 Å². The Labute approximate surface area is 109 Å². The maximum Gasteiger partial charge on any atom is 0.268 e. The highest BCUT2D eigenvalue weighted by atomic mass is 79.9. The van der Waals surface area contributed by atoms with E-state index in [0.717, 1.165) is 13.1 Å². The number of rotatable bonds is 2. The SMILES string of the molecule is BrCc1noc(-c2cc(Br)c(Br)s2)n1. The van der Waals surface area contributed by atoms with E-state index in [-0.39, 0.29) is 0 Å². The van der Waals surface area contributed by atoms with Gasteiger partial charge in [-0.3, -0.25) is 0 Å². The summed E-state index contributed by atoms with van der Waals surface area (Å²) in [5.41, 5.74) is 0. The molecule has 2 rings (SSSR count). The summed E-state index contributed by atoms with van der Waals surface area (Å²) >= 11 is 11.6. The van der Waals surface area contributed by atoms with Crippen molar-refractivity contribution in [1.82, 2.24) is 10.1 Å². The highest BCUT2D eigenvalue weighted by molar-refractivity contribution is 9.13. The summed E-state index contributed by atoms with van der Waals surface area (Å²) < 4.78 is 7.10. The van der Waals surface area contributed by atoms with Crippen LogP contribution >= 0.6 is 59.1 Å². The lowest BCUT2D eigenvalue weighted by Gasteiger charge is -1.82. The third kappa shape index (κ3) is 2.10. The fraction of sp³-hybridized carbons (Fsp3) is 0.143. The first-order valence-corrected chi connectivity index (χ1v) is 7.07. The van der Waals surface area contributed by atoms with E-state index in [2.05, 4.69) is 57.9 Å². The van der Waals surface area contributed by atoms with E-state index in [1.807, 2.05) is 6.07 Å². The van der Waals surface area contributed by atoms with E-state index in [0.29, 0.717) is 17.0 Å². The van der Waals surface area contributed by atoms with Gasteiger partial charge in [0.05, 0.1) is 14.0 Å². The van der Waals surface area contributed by atoms with Crippen molar-refractivity contribution in [3.05, 3.63) is 20.1 Å². The van der Waals surface area contributed by atoms with Gasteiger partial charge in [-0.1, -0.05) is 21.1 Å². The van der Waals surface area contributed by atoms with Crippen LogP contribution in [0.15, 0.2) is 18.8 Å². The lowest BCUT2D eigenvalue weighted by Crippen LogP contribution is -1.78. The van der Waals surface area contributed by atoms with Crippen molar-refractivity contribution >= 4 is 59.1 Å². The summed E-state index contributed by atoms with van der Waals surface area (Å²) in [4.78, 5) is 5.15. The molecule has 0 atom stereocenters. The van der Waals surface area contributed by atoms with Crippen molar-refractivity contribution in [2.45, 2.75) is 5.33 Å². The molecule has 0 amide bonds. The number of alkyl halides is 1. The lowest BCUT2D eigenvalue weighted by molar-refractivity contribution is 0.426. The van der Waals surface area contributed by atoms with E-state index in [9.17, 15) is 0 Å². The van der Waals surface area contributed by atoms with Crippen LogP contribution in [0.5, 0.6) is 0 Å². The lowest BCUT2D eigenvalue weighted by atomic mass is 10.5. The summed E-state index contributed by atoms with van der Waals surface area (Å²) in [6.45, 7) is 0. The number of hydrogen-bond donors (Lipinski definition) is 0. The maximum atomic E-state index is 5.09. The van der Waals surface area contributed by atoms with Crippen molar-refractivity contribution in [3.63, 3.8) is 0 Å². The van der Waals surface area contributed by atoms with Gasteiger partial charge in [0.2, 0.25) is 0 Å².